The van der Waals surface area contributed by atoms with Gasteiger partial charge in [0.05, 0.1) is 0 Å². The second-order valence-corrected chi connectivity index (χ2v) is 3.56. The summed E-state index contributed by atoms with van der Waals surface area (Å²) in [6, 6.07) is 5.88. The highest BCUT2D eigenvalue weighted by Gasteiger charge is 2.13. The van der Waals surface area contributed by atoms with Crippen molar-refractivity contribution in [2.75, 3.05) is 18.0 Å². The summed E-state index contributed by atoms with van der Waals surface area (Å²) in [5.74, 6) is -0.279. The molecule has 0 radical (unpaired) electrons. The molecule has 0 saturated carbocycles. The van der Waals surface area contributed by atoms with Crippen molar-refractivity contribution in [1.82, 2.24) is 0 Å². The van der Waals surface area contributed by atoms with Gasteiger partial charge in [0.25, 0.3) is 0 Å². The lowest BCUT2D eigenvalue weighted by Gasteiger charge is -2.21. The maximum atomic E-state index is 12.8. The number of hydrogen-bond acceptors (Lipinski definition) is 2. The van der Waals surface area contributed by atoms with Crippen LogP contribution in [0.5, 0.6) is 0 Å². The number of carbonyl (C=O) groups excluding carboxylic acids is 1. The van der Waals surface area contributed by atoms with E-state index in [1.54, 1.807) is 17.0 Å². The molecular formula is C12H17FN2O. The maximum absolute atomic E-state index is 12.8. The minimum absolute atomic E-state index is 0.0274. The van der Waals surface area contributed by atoms with Crippen LogP contribution in [-0.4, -0.2) is 19.0 Å². The number of benzene rings is 1. The van der Waals surface area contributed by atoms with Gasteiger partial charge in [-0.15, -0.1) is 0 Å². The van der Waals surface area contributed by atoms with E-state index in [-0.39, 0.29) is 11.7 Å². The van der Waals surface area contributed by atoms with Crippen LogP contribution in [0.1, 0.15) is 19.8 Å². The molecule has 0 bridgehead atoms. The zero-order valence-electron chi connectivity index (χ0n) is 9.45. The summed E-state index contributed by atoms with van der Waals surface area (Å²) in [5.41, 5.74) is 6.16. The Balaban J connectivity index is 2.84. The van der Waals surface area contributed by atoms with Gasteiger partial charge < -0.3 is 10.6 Å². The van der Waals surface area contributed by atoms with Crippen molar-refractivity contribution in [1.29, 1.82) is 0 Å². The summed E-state index contributed by atoms with van der Waals surface area (Å²) >= 11 is 0. The smallest absolute Gasteiger partial charge is 0.227 e. The summed E-state index contributed by atoms with van der Waals surface area (Å²) < 4.78 is 12.8. The molecule has 1 aromatic rings. The molecule has 1 rings (SSSR count). The first-order valence-corrected chi connectivity index (χ1v) is 5.45. The third kappa shape index (κ3) is 3.31. The van der Waals surface area contributed by atoms with Crippen LogP contribution in [0.25, 0.3) is 0 Å². The van der Waals surface area contributed by atoms with Crippen LogP contribution < -0.4 is 10.6 Å². The molecule has 16 heavy (non-hydrogen) atoms. The molecule has 1 amide bonds. The third-order valence-electron chi connectivity index (χ3n) is 2.26. The second kappa shape index (κ2) is 6.23. The third-order valence-corrected chi connectivity index (χ3v) is 2.26. The monoisotopic (exact) mass is 224 g/mol. The minimum Gasteiger partial charge on any atom is -0.329 e. The molecule has 3 nitrogen and oxygen atoms in total. The number of carbonyl (C=O) groups is 1. The zero-order chi connectivity index (χ0) is 12.0. The Hall–Kier alpha value is -1.42. The number of nitrogens with zero attached hydrogens (tertiary/aromatic N) is 1. The Kier molecular flexibility index (Phi) is 4.92. The topological polar surface area (TPSA) is 46.3 Å². The number of hydrogen-bond donors (Lipinski definition) is 1. The van der Waals surface area contributed by atoms with Crippen molar-refractivity contribution >= 4 is 11.6 Å². The molecule has 0 aliphatic heterocycles. The van der Waals surface area contributed by atoms with Crippen molar-refractivity contribution in [2.24, 2.45) is 5.73 Å². The summed E-state index contributed by atoms with van der Waals surface area (Å²) in [7, 11) is 0. The Morgan fingerprint density at radius 3 is 2.50 bits per heavy atom. The molecular weight excluding hydrogens is 207 g/mol. The van der Waals surface area contributed by atoms with Crippen molar-refractivity contribution in [2.45, 2.75) is 19.8 Å². The fourth-order valence-corrected chi connectivity index (χ4v) is 1.50. The summed E-state index contributed by atoms with van der Waals surface area (Å²) in [6.45, 7) is 2.81. The van der Waals surface area contributed by atoms with E-state index in [0.29, 0.717) is 25.2 Å². The van der Waals surface area contributed by atoms with E-state index in [0.717, 1.165) is 6.42 Å². The first-order chi connectivity index (χ1) is 7.69. The van der Waals surface area contributed by atoms with Gasteiger partial charge in [-0.25, -0.2) is 4.39 Å². The summed E-state index contributed by atoms with van der Waals surface area (Å²) in [5, 5.41) is 0. The highest BCUT2D eigenvalue weighted by Crippen LogP contribution is 2.15. The Labute approximate surface area is 95.0 Å². The largest absolute Gasteiger partial charge is 0.329 e. The molecule has 0 atom stereocenters. The first kappa shape index (κ1) is 12.6. The molecule has 4 heteroatoms. The van der Waals surface area contributed by atoms with Gasteiger partial charge in [-0.3, -0.25) is 4.79 Å². The maximum Gasteiger partial charge on any atom is 0.227 e. The van der Waals surface area contributed by atoms with Gasteiger partial charge in [0, 0.05) is 25.2 Å². The van der Waals surface area contributed by atoms with Gasteiger partial charge in [0.2, 0.25) is 5.91 Å². The Morgan fingerprint density at radius 1 is 1.38 bits per heavy atom. The van der Waals surface area contributed by atoms with Crippen molar-refractivity contribution in [3.8, 4) is 0 Å². The second-order valence-electron chi connectivity index (χ2n) is 3.56. The minimum atomic E-state index is -0.306. The van der Waals surface area contributed by atoms with Crippen LogP contribution in [0, 0.1) is 5.82 Å². The van der Waals surface area contributed by atoms with Crippen LogP contribution in [0.3, 0.4) is 0 Å². The lowest BCUT2D eigenvalue weighted by Crippen LogP contribution is -2.35. The van der Waals surface area contributed by atoms with Crippen LogP contribution in [0.2, 0.25) is 0 Å². The van der Waals surface area contributed by atoms with Crippen LogP contribution >= 0.6 is 0 Å². The quantitative estimate of drug-likeness (QED) is 0.830. The van der Waals surface area contributed by atoms with Crippen LogP contribution in [0.4, 0.5) is 10.1 Å². The van der Waals surface area contributed by atoms with Crippen molar-refractivity contribution in [3.05, 3.63) is 30.1 Å². The van der Waals surface area contributed by atoms with E-state index in [4.69, 9.17) is 5.73 Å². The van der Waals surface area contributed by atoms with Gasteiger partial charge in [0.1, 0.15) is 5.82 Å². The SMILES string of the molecule is CCCC(=O)N(CCN)c1ccc(F)cc1. The molecule has 88 valence electrons. The van der Waals surface area contributed by atoms with Crippen molar-refractivity contribution < 1.29 is 9.18 Å². The zero-order valence-corrected chi connectivity index (χ0v) is 9.45. The number of rotatable bonds is 5. The van der Waals surface area contributed by atoms with E-state index < -0.39 is 0 Å². The number of amides is 1. The summed E-state index contributed by atoms with van der Waals surface area (Å²) in [6.07, 6.45) is 1.28. The molecule has 1 aromatic carbocycles. The van der Waals surface area contributed by atoms with E-state index >= 15 is 0 Å². The Morgan fingerprint density at radius 2 is 2.00 bits per heavy atom. The Bertz CT molecular complexity index is 337. The normalized spacial score (nSPS) is 10.2. The molecule has 0 aromatic heterocycles. The average molecular weight is 224 g/mol. The van der Waals surface area contributed by atoms with Gasteiger partial charge in [-0.1, -0.05) is 6.92 Å². The molecule has 0 spiro atoms. The highest BCUT2D eigenvalue weighted by molar-refractivity contribution is 5.93. The molecule has 0 heterocycles. The number of anilines is 1. The number of halogens is 1. The lowest BCUT2D eigenvalue weighted by atomic mass is 10.2. The van der Waals surface area contributed by atoms with E-state index in [1.807, 2.05) is 6.92 Å². The van der Waals surface area contributed by atoms with E-state index in [1.165, 1.54) is 12.1 Å². The molecule has 0 fully saturated rings. The summed E-state index contributed by atoms with van der Waals surface area (Å²) in [4.78, 5) is 13.4. The van der Waals surface area contributed by atoms with E-state index in [2.05, 4.69) is 0 Å². The van der Waals surface area contributed by atoms with Crippen LogP contribution in [-0.2, 0) is 4.79 Å². The molecule has 0 unspecified atom stereocenters. The molecule has 0 aliphatic carbocycles. The predicted octanol–water partition coefficient (Wildman–Crippen LogP) is 1.92. The van der Waals surface area contributed by atoms with Crippen molar-refractivity contribution in [3.63, 3.8) is 0 Å². The molecule has 0 saturated heterocycles. The lowest BCUT2D eigenvalue weighted by molar-refractivity contribution is -0.118. The first-order valence-electron chi connectivity index (χ1n) is 5.45. The van der Waals surface area contributed by atoms with Gasteiger partial charge >= 0.3 is 0 Å². The molecule has 2 N–H and O–H groups in total. The fraction of sp³-hybridized carbons (Fsp3) is 0.417. The number of nitrogens with two attached hydrogens (primary N) is 1. The van der Waals surface area contributed by atoms with Gasteiger partial charge in [0.15, 0.2) is 0 Å². The average Bonchev–Trinajstić information content (AvgIpc) is 2.28. The molecule has 0 aliphatic rings. The standard InChI is InChI=1S/C12H17FN2O/c1-2-3-12(16)15(9-8-14)11-6-4-10(13)5-7-11/h4-7H,2-3,8-9,14H2,1H3. The predicted molar refractivity (Wildman–Crippen MR) is 62.7 cm³/mol. The highest BCUT2D eigenvalue weighted by atomic mass is 19.1. The van der Waals surface area contributed by atoms with E-state index in [9.17, 15) is 9.18 Å². The van der Waals surface area contributed by atoms with Crippen LogP contribution in [0.15, 0.2) is 24.3 Å². The fourth-order valence-electron chi connectivity index (χ4n) is 1.50. The van der Waals surface area contributed by atoms with Gasteiger partial charge in [-0.05, 0) is 30.7 Å². The van der Waals surface area contributed by atoms with Gasteiger partial charge in [-0.2, -0.15) is 0 Å².